The topological polar surface area (TPSA) is 61.4 Å². The predicted octanol–water partition coefficient (Wildman–Crippen LogP) is 1.65. The van der Waals surface area contributed by atoms with Gasteiger partial charge in [-0.1, -0.05) is 26.0 Å². The summed E-state index contributed by atoms with van der Waals surface area (Å²) >= 11 is 0. The zero-order chi connectivity index (χ0) is 20.6. The van der Waals surface area contributed by atoms with E-state index in [0.29, 0.717) is 25.1 Å². The maximum absolute atomic E-state index is 6.05. The quantitative estimate of drug-likeness (QED) is 0.533. The number of piperazine rings is 1. The molecule has 2 unspecified atom stereocenters. The van der Waals surface area contributed by atoms with Gasteiger partial charge in [-0.3, -0.25) is 9.89 Å². The molecule has 1 aromatic rings. The molecule has 7 heteroatoms. The van der Waals surface area contributed by atoms with E-state index in [1.807, 2.05) is 24.3 Å². The maximum atomic E-state index is 6.05. The van der Waals surface area contributed by atoms with Gasteiger partial charge in [-0.15, -0.1) is 0 Å². The first-order chi connectivity index (χ1) is 14.1. The molecule has 0 spiro atoms. The molecule has 2 aliphatic rings. The lowest BCUT2D eigenvalue weighted by molar-refractivity contribution is 0.0916. The number of para-hydroxylation sites is 2. The van der Waals surface area contributed by atoms with Crippen molar-refractivity contribution in [3.63, 3.8) is 0 Å². The number of nitrogens with zero attached hydrogens (tertiary/aromatic N) is 3. The molecule has 0 saturated carbocycles. The number of aliphatic imine (C=N–C) groups is 1. The summed E-state index contributed by atoms with van der Waals surface area (Å²) in [6.45, 7) is 14.0. The molecule has 2 heterocycles. The molecule has 7 nitrogen and oxygen atoms in total. The van der Waals surface area contributed by atoms with Crippen molar-refractivity contribution in [1.82, 2.24) is 20.4 Å². The number of nitrogens with one attached hydrogen (secondary N) is 2. The summed E-state index contributed by atoms with van der Waals surface area (Å²) in [5.41, 5.74) is 0. The van der Waals surface area contributed by atoms with Gasteiger partial charge in [0, 0.05) is 38.8 Å². The highest BCUT2D eigenvalue weighted by Crippen LogP contribution is 2.30. The summed E-state index contributed by atoms with van der Waals surface area (Å²) in [6, 6.07) is 8.27. The fourth-order valence-electron chi connectivity index (χ4n) is 3.80. The van der Waals surface area contributed by atoms with Crippen molar-refractivity contribution in [1.29, 1.82) is 0 Å². The third-order valence-corrected chi connectivity index (χ3v) is 5.62. The van der Waals surface area contributed by atoms with Gasteiger partial charge in [0.15, 0.2) is 17.5 Å². The third-order valence-electron chi connectivity index (χ3n) is 5.62. The highest BCUT2D eigenvalue weighted by Gasteiger charge is 2.25. The lowest BCUT2D eigenvalue weighted by Gasteiger charge is -2.39. The van der Waals surface area contributed by atoms with E-state index in [4.69, 9.17) is 14.5 Å². The first kappa shape index (κ1) is 21.7. The van der Waals surface area contributed by atoms with Gasteiger partial charge in [-0.05, 0) is 32.0 Å². The molecule has 0 radical (unpaired) electrons. The summed E-state index contributed by atoms with van der Waals surface area (Å²) in [5, 5.41) is 6.79. The second kappa shape index (κ2) is 10.7. The fourth-order valence-corrected chi connectivity index (χ4v) is 3.80. The average molecular weight is 404 g/mol. The lowest BCUT2D eigenvalue weighted by Crippen LogP contribution is -2.52. The molecule has 162 valence electrons. The highest BCUT2D eigenvalue weighted by atomic mass is 16.6. The van der Waals surface area contributed by atoms with Crippen molar-refractivity contribution in [2.75, 3.05) is 59.5 Å². The van der Waals surface area contributed by atoms with E-state index in [1.165, 1.54) is 0 Å². The van der Waals surface area contributed by atoms with Crippen LogP contribution in [-0.2, 0) is 0 Å². The fraction of sp³-hybridized carbons (Fsp3) is 0.682. The minimum Gasteiger partial charge on any atom is -0.486 e. The van der Waals surface area contributed by atoms with Crippen LogP contribution in [0.2, 0.25) is 0 Å². The summed E-state index contributed by atoms with van der Waals surface area (Å²) in [6.07, 6.45) is -0.0349. The largest absolute Gasteiger partial charge is 0.486 e. The Balaban J connectivity index is 1.54. The Kier molecular flexibility index (Phi) is 8.00. The molecule has 1 aromatic carbocycles. The van der Waals surface area contributed by atoms with Crippen LogP contribution in [0.25, 0.3) is 0 Å². The highest BCUT2D eigenvalue weighted by molar-refractivity contribution is 5.79. The molecule has 0 amide bonds. The van der Waals surface area contributed by atoms with E-state index in [-0.39, 0.29) is 6.10 Å². The van der Waals surface area contributed by atoms with Crippen molar-refractivity contribution in [2.45, 2.75) is 32.9 Å². The standard InChI is InChI=1S/C22H37N5O2/c1-5-23-22(24-14-18-16-28-20-8-6-7-9-21(20)29-18)25-15-19(17(2)3)27-12-10-26(4)11-13-27/h6-9,17-19H,5,10-16H2,1-4H3,(H2,23,24,25). The minimum atomic E-state index is -0.0349. The van der Waals surface area contributed by atoms with Crippen molar-refractivity contribution >= 4 is 5.96 Å². The van der Waals surface area contributed by atoms with Gasteiger partial charge in [0.2, 0.25) is 0 Å². The Labute approximate surface area is 175 Å². The zero-order valence-electron chi connectivity index (χ0n) is 18.4. The van der Waals surface area contributed by atoms with Gasteiger partial charge in [0.05, 0.1) is 13.1 Å². The molecule has 2 aliphatic heterocycles. The van der Waals surface area contributed by atoms with Gasteiger partial charge in [0.25, 0.3) is 0 Å². The summed E-state index contributed by atoms with van der Waals surface area (Å²) in [5.74, 6) is 3.03. The Morgan fingerprint density at radius 1 is 1.14 bits per heavy atom. The molecule has 1 fully saturated rings. The smallest absolute Gasteiger partial charge is 0.191 e. The van der Waals surface area contributed by atoms with E-state index in [0.717, 1.165) is 56.7 Å². The van der Waals surface area contributed by atoms with E-state index in [2.05, 4.69) is 48.3 Å². The number of rotatable bonds is 7. The number of hydrogen-bond donors (Lipinski definition) is 2. The summed E-state index contributed by atoms with van der Waals surface area (Å²) in [4.78, 5) is 9.89. The van der Waals surface area contributed by atoms with Crippen molar-refractivity contribution in [3.05, 3.63) is 24.3 Å². The van der Waals surface area contributed by atoms with Gasteiger partial charge in [-0.25, -0.2) is 0 Å². The Morgan fingerprint density at radius 3 is 2.55 bits per heavy atom. The van der Waals surface area contributed by atoms with E-state index >= 15 is 0 Å². The number of hydrogen-bond acceptors (Lipinski definition) is 5. The third kappa shape index (κ3) is 6.24. The number of guanidine groups is 1. The van der Waals surface area contributed by atoms with Crippen LogP contribution in [0.4, 0.5) is 0 Å². The van der Waals surface area contributed by atoms with Crippen LogP contribution >= 0.6 is 0 Å². The lowest BCUT2D eigenvalue weighted by atomic mass is 10.0. The zero-order valence-corrected chi connectivity index (χ0v) is 18.4. The molecule has 0 aromatic heterocycles. The molecule has 3 rings (SSSR count). The molecular formula is C22H37N5O2. The molecule has 29 heavy (non-hydrogen) atoms. The van der Waals surface area contributed by atoms with Gasteiger partial charge >= 0.3 is 0 Å². The summed E-state index contributed by atoms with van der Waals surface area (Å²) in [7, 11) is 2.20. The van der Waals surface area contributed by atoms with E-state index in [9.17, 15) is 0 Å². The van der Waals surface area contributed by atoms with Crippen molar-refractivity contribution in [3.8, 4) is 11.5 Å². The maximum Gasteiger partial charge on any atom is 0.191 e. The van der Waals surface area contributed by atoms with E-state index in [1.54, 1.807) is 0 Å². The molecule has 0 bridgehead atoms. The van der Waals surface area contributed by atoms with Crippen LogP contribution in [0.3, 0.4) is 0 Å². The van der Waals surface area contributed by atoms with Gasteiger partial charge in [-0.2, -0.15) is 0 Å². The van der Waals surface area contributed by atoms with Gasteiger partial charge < -0.3 is 25.0 Å². The predicted molar refractivity (Wildman–Crippen MR) is 118 cm³/mol. The normalized spacial score (nSPS) is 21.8. The number of ether oxygens (including phenoxy) is 2. The van der Waals surface area contributed by atoms with E-state index < -0.39 is 0 Å². The number of likely N-dealkylation sites (N-methyl/N-ethyl adjacent to an activating group) is 1. The monoisotopic (exact) mass is 403 g/mol. The van der Waals surface area contributed by atoms with Crippen molar-refractivity contribution in [2.24, 2.45) is 10.9 Å². The molecular weight excluding hydrogens is 366 g/mol. The molecule has 0 aliphatic carbocycles. The van der Waals surface area contributed by atoms with Crippen molar-refractivity contribution < 1.29 is 9.47 Å². The average Bonchev–Trinajstić information content (AvgIpc) is 2.73. The van der Waals surface area contributed by atoms with Crippen LogP contribution in [0.5, 0.6) is 11.5 Å². The Hall–Kier alpha value is -1.99. The van der Waals surface area contributed by atoms with Crippen LogP contribution in [-0.4, -0.2) is 87.4 Å². The molecule has 1 saturated heterocycles. The Morgan fingerprint density at radius 2 is 1.86 bits per heavy atom. The molecule has 2 atom stereocenters. The number of fused-ring (bicyclic) bond motifs is 1. The Bertz CT molecular complexity index is 658. The van der Waals surface area contributed by atoms with Gasteiger partial charge in [0.1, 0.15) is 12.7 Å². The minimum absolute atomic E-state index is 0.0349. The first-order valence-corrected chi connectivity index (χ1v) is 10.9. The van der Waals surface area contributed by atoms with Crippen LogP contribution in [0, 0.1) is 5.92 Å². The SMILES string of the molecule is CCNC(=NCC(C(C)C)N1CCN(C)CC1)NCC1COc2ccccc2O1. The first-order valence-electron chi connectivity index (χ1n) is 10.9. The second-order valence-corrected chi connectivity index (χ2v) is 8.25. The summed E-state index contributed by atoms with van der Waals surface area (Å²) < 4.78 is 11.9. The number of benzene rings is 1. The van der Waals surface area contributed by atoms with Crippen LogP contribution in [0.1, 0.15) is 20.8 Å². The van der Waals surface area contributed by atoms with Crippen LogP contribution in [0.15, 0.2) is 29.3 Å². The van der Waals surface area contributed by atoms with Crippen LogP contribution < -0.4 is 20.1 Å². The molecule has 2 N–H and O–H groups in total. The second-order valence-electron chi connectivity index (χ2n) is 8.25.